The van der Waals surface area contributed by atoms with Gasteiger partial charge in [-0.3, -0.25) is 20.2 Å². The molecule has 0 aliphatic heterocycles. The van der Waals surface area contributed by atoms with Crippen molar-refractivity contribution in [3.05, 3.63) is 10.1 Å². The summed E-state index contributed by atoms with van der Waals surface area (Å²) in [5.74, 6) is -0.387. The summed E-state index contributed by atoms with van der Waals surface area (Å²) < 4.78 is 0. The van der Waals surface area contributed by atoms with E-state index in [2.05, 4.69) is 0 Å². The molecular formula is C3H6N2O3. The average molecular weight is 118 g/mol. The Kier molecular flexibility index (Phi) is 2.53. The topological polar surface area (TPSA) is 72.2 Å². The van der Waals surface area contributed by atoms with Crippen LogP contribution in [-0.2, 0) is 4.79 Å². The monoisotopic (exact) mass is 118 g/mol. The van der Waals surface area contributed by atoms with Gasteiger partial charge in [0.05, 0.1) is 0 Å². The molecular weight excluding hydrogens is 112 g/mol. The lowest BCUT2D eigenvalue weighted by atomic mass is 10.7. The molecule has 0 unspecified atom stereocenters. The van der Waals surface area contributed by atoms with Crippen molar-refractivity contribution < 1.29 is 9.72 Å². The second-order valence-electron chi connectivity index (χ2n) is 1.22. The molecule has 0 saturated heterocycles. The van der Waals surface area contributed by atoms with Gasteiger partial charge in [0.25, 0.3) is 6.67 Å². The first-order chi connectivity index (χ1) is 3.63. The van der Waals surface area contributed by atoms with Gasteiger partial charge in [0, 0.05) is 11.8 Å². The maximum atomic E-state index is 9.93. The lowest BCUT2D eigenvalue weighted by molar-refractivity contribution is -0.483. The van der Waals surface area contributed by atoms with E-state index in [9.17, 15) is 14.9 Å². The molecule has 0 heterocycles. The summed E-state index contributed by atoms with van der Waals surface area (Å²) in [5.41, 5.74) is 0. The largest absolute Gasteiger partial charge is 0.297 e. The van der Waals surface area contributed by atoms with Crippen molar-refractivity contribution in [3.8, 4) is 0 Å². The van der Waals surface area contributed by atoms with Crippen molar-refractivity contribution in [1.29, 1.82) is 0 Å². The van der Waals surface area contributed by atoms with E-state index in [1.54, 1.807) is 0 Å². The molecule has 0 aliphatic rings. The van der Waals surface area contributed by atoms with Crippen LogP contribution in [0.4, 0.5) is 0 Å². The van der Waals surface area contributed by atoms with Crippen LogP contribution in [-0.4, -0.2) is 17.5 Å². The van der Waals surface area contributed by atoms with E-state index >= 15 is 0 Å². The number of amides is 1. The van der Waals surface area contributed by atoms with Gasteiger partial charge in [0.2, 0.25) is 5.91 Å². The van der Waals surface area contributed by atoms with E-state index in [1.165, 1.54) is 6.92 Å². The van der Waals surface area contributed by atoms with Crippen LogP contribution >= 0.6 is 0 Å². The molecule has 0 aromatic carbocycles. The minimum atomic E-state index is -0.610. The zero-order chi connectivity index (χ0) is 6.57. The van der Waals surface area contributed by atoms with Gasteiger partial charge < -0.3 is 0 Å². The molecule has 5 heteroatoms. The normalized spacial score (nSPS) is 8.12. The first kappa shape index (κ1) is 6.87. The van der Waals surface area contributed by atoms with Crippen LogP contribution in [0.1, 0.15) is 6.92 Å². The number of nitro groups is 1. The molecule has 5 nitrogen and oxygen atoms in total. The number of rotatable bonds is 2. The van der Waals surface area contributed by atoms with E-state index in [-0.39, 0.29) is 5.91 Å². The quantitative estimate of drug-likeness (QED) is 0.297. The molecule has 0 spiro atoms. The molecule has 0 aromatic rings. The summed E-state index contributed by atoms with van der Waals surface area (Å²) in [5, 5.41) is 11.5. The highest BCUT2D eigenvalue weighted by atomic mass is 16.6. The van der Waals surface area contributed by atoms with Crippen LogP contribution in [0.2, 0.25) is 0 Å². The highest BCUT2D eigenvalue weighted by Crippen LogP contribution is 1.61. The van der Waals surface area contributed by atoms with Gasteiger partial charge in [-0.1, -0.05) is 0 Å². The lowest BCUT2D eigenvalue weighted by Gasteiger charge is -1.90. The zero-order valence-corrected chi connectivity index (χ0v) is 4.38. The molecule has 0 fully saturated rings. The standard InChI is InChI=1S/C3H6N2O3/c1-3(6)4-2-5(7)8/h2H2,1H3,(H,4,6). The van der Waals surface area contributed by atoms with Gasteiger partial charge in [-0.25, -0.2) is 0 Å². The van der Waals surface area contributed by atoms with Gasteiger partial charge in [0.1, 0.15) is 0 Å². The smallest absolute Gasteiger partial charge is 0.277 e. The maximum Gasteiger partial charge on any atom is 0.277 e. The Balaban J connectivity index is 3.18. The van der Waals surface area contributed by atoms with Gasteiger partial charge in [-0.2, -0.15) is 0 Å². The fourth-order valence-corrected chi connectivity index (χ4v) is 0.176. The maximum absolute atomic E-state index is 9.93. The van der Waals surface area contributed by atoms with Gasteiger partial charge in [-0.05, 0) is 0 Å². The Hall–Kier alpha value is -1.13. The number of carbonyl (C=O) groups is 1. The summed E-state index contributed by atoms with van der Waals surface area (Å²) in [6, 6.07) is 0. The van der Waals surface area contributed by atoms with Gasteiger partial charge >= 0.3 is 0 Å². The Morgan fingerprint density at radius 1 is 1.88 bits per heavy atom. The molecule has 1 amide bonds. The van der Waals surface area contributed by atoms with Crippen LogP contribution in [0, 0.1) is 10.1 Å². The number of hydrogen-bond donors (Lipinski definition) is 1. The van der Waals surface area contributed by atoms with Gasteiger partial charge in [-0.15, -0.1) is 0 Å². The number of nitrogens with zero attached hydrogens (tertiary/aromatic N) is 1. The molecule has 1 N–H and O–H groups in total. The second kappa shape index (κ2) is 2.95. The van der Waals surface area contributed by atoms with Gasteiger partial charge in [0.15, 0.2) is 0 Å². The molecule has 0 aromatic heterocycles. The summed E-state index contributed by atoms with van der Waals surface area (Å²) in [6.07, 6.45) is 0. The predicted molar refractivity (Wildman–Crippen MR) is 25.7 cm³/mol. The molecule has 0 radical (unpaired) electrons. The highest BCUT2D eigenvalue weighted by Gasteiger charge is 1.94. The third-order valence-corrected chi connectivity index (χ3v) is 0.457. The van der Waals surface area contributed by atoms with Crippen molar-refractivity contribution in [2.75, 3.05) is 6.67 Å². The first-order valence-corrected chi connectivity index (χ1v) is 1.99. The summed E-state index contributed by atoms with van der Waals surface area (Å²) in [7, 11) is 0. The number of hydrogen-bond acceptors (Lipinski definition) is 3. The van der Waals surface area contributed by atoms with Crippen molar-refractivity contribution in [1.82, 2.24) is 5.32 Å². The zero-order valence-electron chi connectivity index (χ0n) is 4.38. The SMILES string of the molecule is CC(=O)NC[N+](=O)[O-]. The number of carbonyl (C=O) groups excluding carboxylic acids is 1. The third-order valence-electron chi connectivity index (χ3n) is 0.457. The summed E-state index contributed by atoms with van der Waals surface area (Å²) in [6.45, 7) is 0.735. The average Bonchev–Trinajstić information content (AvgIpc) is 1.61. The molecule has 0 atom stereocenters. The minimum Gasteiger partial charge on any atom is -0.297 e. The Bertz CT molecular complexity index is 97.1. The fourth-order valence-electron chi connectivity index (χ4n) is 0.176. The molecule has 0 aliphatic carbocycles. The fraction of sp³-hybridized carbons (Fsp3) is 0.667. The Morgan fingerprint density at radius 3 is 2.50 bits per heavy atom. The first-order valence-electron chi connectivity index (χ1n) is 1.99. The number of nitrogens with one attached hydrogen (secondary N) is 1. The van der Waals surface area contributed by atoms with Crippen LogP contribution in [0.3, 0.4) is 0 Å². The Labute approximate surface area is 45.8 Å². The lowest BCUT2D eigenvalue weighted by Crippen LogP contribution is -2.26. The Morgan fingerprint density at radius 2 is 2.38 bits per heavy atom. The molecule has 0 saturated carbocycles. The second-order valence-corrected chi connectivity index (χ2v) is 1.22. The summed E-state index contributed by atoms with van der Waals surface area (Å²) >= 11 is 0. The minimum absolute atomic E-state index is 0.387. The molecule has 8 heavy (non-hydrogen) atoms. The molecule has 0 bridgehead atoms. The van der Waals surface area contributed by atoms with Crippen molar-refractivity contribution in [2.24, 2.45) is 0 Å². The van der Waals surface area contributed by atoms with E-state index in [4.69, 9.17) is 0 Å². The predicted octanol–water partition coefficient (Wildman–Crippen LogP) is -0.643. The molecule has 0 rings (SSSR count). The van der Waals surface area contributed by atoms with Crippen LogP contribution < -0.4 is 5.32 Å². The van der Waals surface area contributed by atoms with E-state index in [0.717, 1.165) is 0 Å². The van der Waals surface area contributed by atoms with Crippen LogP contribution in [0.25, 0.3) is 0 Å². The van der Waals surface area contributed by atoms with E-state index in [0.29, 0.717) is 0 Å². The third kappa shape index (κ3) is 4.87. The van der Waals surface area contributed by atoms with Crippen molar-refractivity contribution >= 4 is 5.91 Å². The highest BCUT2D eigenvalue weighted by molar-refractivity contribution is 5.72. The van der Waals surface area contributed by atoms with Crippen LogP contribution in [0.5, 0.6) is 0 Å². The van der Waals surface area contributed by atoms with E-state index in [1.807, 2.05) is 5.32 Å². The van der Waals surface area contributed by atoms with Crippen molar-refractivity contribution in [3.63, 3.8) is 0 Å². The van der Waals surface area contributed by atoms with E-state index < -0.39 is 11.6 Å². The van der Waals surface area contributed by atoms with Crippen molar-refractivity contribution in [2.45, 2.75) is 6.92 Å². The summed E-state index contributed by atoms with van der Waals surface area (Å²) in [4.78, 5) is 18.8. The van der Waals surface area contributed by atoms with Crippen LogP contribution in [0.15, 0.2) is 0 Å². The molecule has 46 valence electrons.